The summed E-state index contributed by atoms with van der Waals surface area (Å²) in [6.45, 7) is 0. The molecule has 2 atom stereocenters. The molecule has 0 heterocycles. The van der Waals surface area contributed by atoms with Gasteiger partial charge in [-0.3, -0.25) is 0 Å². The van der Waals surface area contributed by atoms with Crippen molar-refractivity contribution in [3.05, 3.63) is 35.4 Å². The van der Waals surface area contributed by atoms with Gasteiger partial charge in [-0.15, -0.1) is 12.3 Å². The van der Waals surface area contributed by atoms with Gasteiger partial charge in [0.2, 0.25) is 0 Å². The maximum Gasteiger partial charge on any atom is 0.0120 e. The van der Waals surface area contributed by atoms with E-state index in [1.165, 1.54) is 11.1 Å². The van der Waals surface area contributed by atoms with Crippen LogP contribution in [-0.2, 0) is 6.42 Å². The van der Waals surface area contributed by atoms with Crippen LogP contribution >= 0.6 is 0 Å². The number of benzene rings is 1. The van der Waals surface area contributed by atoms with Crippen molar-refractivity contribution in [2.24, 2.45) is 5.73 Å². The molecular weight excluding hydrogens is 170 g/mol. The molecule has 0 spiro atoms. The van der Waals surface area contributed by atoms with Crippen LogP contribution in [0.25, 0.3) is 0 Å². The van der Waals surface area contributed by atoms with Gasteiger partial charge in [-0.2, -0.15) is 0 Å². The summed E-state index contributed by atoms with van der Waals surface area (Å²) in [6, 6.07) is 8.76. The minimum Gasteiger partial charge on any atom is -0.327 e. The van der Waals surface area contributed by atoms with Gasteiger partial charge in [-0.05, 0) is 24.0 Å². The standard InChI is InChI=1S/C13H15N/c1-2-3-8-13(14)12-9-10-6-4-5-7-11(10)12/h1,4-7,12-13H,3,8-9,14H2. The second kappa shape index (κ2) is 3.86. The zero-order valence-electron chi connectivity index (χ0n) is 8.24. The highest BCUT2D eigenvalue weighted by molar-refractivity contribution is 5.41. The van der Waals surface area contributed by atoms with Crippen LogP contribution in [0.1, 0.15) is 29.9 Å². The summed E-state index contributed by atoms with van der Waals surface area (Å²) in [5, 5.41) is 0. The fourth-order valence-corrected chi connectivity index (χ4v) is 2.13. The first-order chi connectivity index (χ1) is 6.83. The molecule has 14 heavy (non-hydrogen) atoms. The van der Waals surface area contributed by atoms with E-state index >= 15 is 0 Å². The number of hydrogen-bond donors (Lipinski definition) is 1. The molecule has 1 nitrogen and oxygen atoms in total. The van der Waals surface area contributed by atoms with Crippen molar-refractivity contribution in [1.82, 2.24) is 0 Å². The normalized spacial score (nSPS) is 20.4. The predicted octanol–water partition coefficient (Wildman–Crippen LogP) is 2.07. The van der Waals surface area contributed by atoms with Gasteiger partial charge >= 0.3 is 0 Å². The lowest BCUT2D eigenvalue weighted by Crippen LogP contribution is -2.35. The van der Waals surface area contributed by atoms with E-state index in [1.807, 2.05) is 0 Å². The molecule has 0 aliphatic heterocycles. The molecule has 0 amide bonds. The van der Waals surface area contributed by atoms with Crippen LogP contribution in [0, 0.1) is 12.3 Å². The van der Waals surface area contributed by atoms with Crippen molar-refractivity contribution in [3.63, 3.8) is 0 Å². The van der Waals surface area contributed by atoms with Crippen molar-refractivity contribution < 1.29 is 0 Å². The number of nitrogens with two attached hydrogens (primary N) is 1. The zero-order chi connectivity index (χ0) is 9.97. The van der Waals surface area contributed by atoms with Crippen LogP contribution in [0.5, 0.6) is 0 Å². The molecule has 0 fully saturated rings. The number of hydrogen-bond acceptors (Lipinski definition) is 1. The molecule has 0 saturated heterocycles. The topological polar surface area (TPSA) is 26.0 Å². The van der Waals surface area contributed by atoms with E-state index in [0.29, 0.717) is 5.92 Å². The monoisotopic (exact) mass is 185 g/mol. The molecular formula is C13H15N. The van der Waals surface area contributed by atoms with Crippen molar-refractivity contribution >= 4 is 0 Å². The minimum absolute atomic E-state index is 0.237. The molecule has 0 aromatic heterocycles. The van der Waals surface area contributed by atoms with Crippen LogP contribution in [0.2, 0.25) is 0 Å². The van der Waals surface area contributed by atoms with Crippen molar-refractivity contribution in [1.29, 1.82) is 0 Å². The third kappa shape index (κ3) is 1.54. The summed E-state index contributed by atoms with van der Waals surface area (Å²) in [5.41, 5.74) is 8.96. The van der Waals surface area contributed by atoms with E-state index in [0.717, 1.165) is 19.3 Å². The molecule has 0 radical (unpaired) electrons. The molecule has 0 saturated carbocycles. The molecule has 1 aliphatic rings. The van der Waals surface area contributed by atoms with Gasteiger partial charge in [0.25, 0.3) is 0 Å². The molecule has 0 bridgehead atoms. The highest BCUT2D eigenvalue weighted by Gasteiger charge is 2.29. The Balaban J connectivity index is 2.01. The Kier molecular flexibility index (Phi) is 2.56. The van der Waals surface area contributed by atoms with Crippen LogP contribution in [-0.4, -0.2) is 6.04 Å². The van der Waals surface area contributed by atoms with Crippen molar-refractivity contribution in [2.75, 3.05) is 0 Å². The van der Waals surface area contributed by atoms with E-state index in [9.17, 15) is 0 Å². The van der Waals surface area contributed by atoms with Gasteiger partial charge in [-0.25, -0.2) is 0 Å². The van der Waals surface area contributed by atoms with Crippen LogP contribution in [0.3, 0.4) is 0 Å². The Hall–Kier alpha value is -1.26. The first kappa shape index (κ1) is 9.30. The molecule has 2 unspecified atom stereocenters. The van der Waals surface area contributed by atoms with Crippen molar-refractivity contribution in [3.8, 4) is 12.3 Å². The zero-order valence-corrected chi connectivity index (χ0v) is 8.24. The second-order valence-corrected chi connectivity index (χ2v) is 3.92. The lowest BCUT2D eigenvalue weighted by molar-refractivity contribution is 0.462. The lowest BCUT2D eigenvalue weighted by Gasteiger charge is -2.34. The van der Waals surface area contributed by atoms with Gasteiger partial charge < -0.3 is 5.73 Å². The van der Waals surface area contributed by atoms with Crippen LogP contribution in [0.4, 0.5) is 0 Å². The summed E-state index contributed by atoms with van der Waals surface area (Å²) in [5.74, 6) is 3.19. The molecule has 2 rings (SSSR count). The van der Waals surface area contributed by atoms with E-state index in [-0.39, 0.29) is 6.04 Å². The van der Waals surface area contributed by atoms with Gasteiger partial charge in [0, 0.05) is 18.4 Å². The van der Waals surface area contributed by atoms with Crippen LogP contribution < -0.4 is 5.73 Å². The fraction of sp³-hybridized carbons (Fsp3) is 0.385. The predicted molar refractivity (Wildman–Crippen MR) is 58.9 cm³/mol. The quantitative estimate of drug-likeness (QED) is 0.717. The number of rotatable bonds is 3. The third-order valence-corrected chi connectivity index (χ3v) is 3.03. The first-order valence-corrected chi connectivity index (χ1v) is 5.09. The number of terminal acetylenes is 1. The van der Waals surface area contributed by atoms with Gasteiger partial charge in [0.05, 0.1) is 0 Å². The van der Waals surface area contributed by atoms with E-state index < -0.39 is 0 Å². The minimum atomic E-state index is 0.237. The van der Waals surface area contributed by atoms with Gasteiger partial charge in [0.1, 0.15) is 0 Å². The Bertz CT molecular complexity index is 362. The second-order valence-electron chi connectivity index (χ2n) is 3.92. The fourth-order valence-electron chi connectivity index (χ4n) is 2.13. The maximum absolute atomic E-state index is 6.08. The highest BCUT2D eigenvalue weighted by Crippen LogP contribution is 2.37. The smallest absolute Gasteiger partial charge is 0.0120 e. The van der Waals surface area contributed by atoms with Gasteiger partial charge in [-0.1, -0.05) is 24.3 Å². The highest BCUT2D eigenvalue weighted by atomic mass is 14.7. The summed E-state index contributed by atoms with van der Waals surface area (Å²) in [4.78, 5) is 0. The average molecular weight is 185 g/mol. The third-order valence-electron chi connectivity index (χ3n) is 3.03. The maximum atomic E-state index is 6.08. The Morgan fingerprint density at radius 3 is 3.00 bits per heavy atom. The molecule has 1 aromatic carbocycles. The summed E-state index contributed by atoms with van der Waals surface area (Å²) >= 11 is 0. The van der Waals surface area contributed by atoms with Crippen LogP contribution in [0.15, 0.2) is 24.3 Å². The first-order valence-electron chi connectivity index (χ1n) is 5.09. The van der Waals surface area contributed by atoms with E-state index in [1.54, 1.807) is 0 Å². The summed E-state index contributed by atoms with van der Waals surface area (Å²) in [7, 11) is 0. The Labute approximate surface area is 85.3 Å². The number of fused-ring (bicyclic) bond motifs is 1. The molecule has 1 aromatic rings. The molecule has 1 heteroatoms. The van der Waals surface area contributed by atoms with Crippen molar-refractivity contribution in [2.45, 2.75) is 31.2 Å². The molecule has 72 valence electrons. The van der Waals surface area contributed by atoms with E-state index in [2.05, 4.69) is 30.2 Å². The molecule has 2 N–H and O–H groups in total. The Morgan fingerprint density at radius 1 is 1.50 bits per heavy atom. The summed E-state index contributed by atoms with van der Waals surface area (Å²) in [6.07, 6.45) is 8.08. The summed E-state index contributed by atoms with van der Waals surface area (Å²) < 4.78 is 0. The SMILES string of the molecule is C#CCCC(N)C1Cc2ccccc21. The molecule has 1 aliphatic carbocycles. The average Bonchev–Trinajstić information content (AvgIpc) is 2.17. The largest absolute Gasteiger partial charge is 0.327 e. The van der Waals surface area contributed by atoms with E-state index in [4.69, 9.17) is 12.2 Å². The Morgan fingerprint density at radius 2 is 2.29 bits per heavy atom. The van der Waals surface area contributed by atoms with Gasteiger partial charge in [0.15, 0.2) is 0 Å². The lowest BCUT2D eigenvalue weighted by atomic mass is 9.73.